The van der Waals surface area contributed by atoms with Crippen LogP contribution < -0.4 is 10.1 Å². The number of hydrogen-bond donors (Lipinski definition) is 2. The molecule has 0 fully saturated rings. The highest BCUT2D eigenvalue weighted by atomic mass is 16.5. The molecule has 0 aliphatic carbocycles. The monoisotopic (exact) mass is 314 g/mol. The van der Waals surface area contributed by atoms with Gasteiger partial charge in [0.1, 0.15) is 5.75 Å². The second-order valence-corrected chi connectivity index (χ2v) is 5.66. The van der Waals surface area contributed by atoms with Crippen LogP contribution in [0.4, 0.5) is 0 Å². The van der Waals surface area contributed by atoms with E-state index in [9.17, 15) is 9.90 Å². The summed E-state index contributed by atoms with van der Waals surface area (Å²) in [5, 5.41) is 12.5. The van der Waals surface area contributed by atoms with Gasteiger partial charge in [0.2, 0.25) is 5.88 Å². The number of carbonyl (C=O) groups excluding carboxylic acids is 1. The third-order valence-corrected chi connectivity index (χ3v) is 3.46. The molecular formula is C18H22N2O3. The molecule has 2 aromatic rings. The maximum atomic E-state index is 12.0. The van der Waals surface area contributed by atoms with Crippen LogP contribution in [0.2, 0.25) is 0 Å². The summed E-state index contributed by atoms with van der Waals surface area (Å²) >= 11 is 0. The van der Waals surface area contributed by atoms with Gasteiger partial charge in [-0.1, -0.05) is 32.0 Å². The molecule has 1 aromatic carbocycles. The number of aliphatic hydroxyl groups is 1. The zero-order valence-corrected chi connectivity index (χ0v) is 13.4. The van der Waals surface area contributed by atoms with Crippen molar-refractivity contribution in [2.45, 2.75) is 26.4 Å². The Labute approximate surface area is 136 Å². The van der Waals surface area contributed by atoms with Crippen LogP contribution in [0, 0.1) is 5.92 Å². The quantitative estimate of drug-likeness (QED) is 0.824. The van der Waals surface area contributed by atoms with Crippen LogP contribution in [0.3, 0.4) is 0 Å². The van der Waals surface area contributed by atoms with Crippen molar-refractivity contribution >= 4 is 5.91 Å². The highest BCUT2D eigenvalue weighted by Gasteiger charge is 2.11. The first-order valence-corrected chi connectivity index (χ1v) is 7.71. The number of amides is 1. The van der Waals surface area contributed by atoms with Crippen molar-refractivity contribution in [3.05, 3.63) is 54.2 Å². The van der Waals surface area contributed by atoms with E-state index in [4.69, 9.17) is 4.74 Å². The lowest BCUT2D eigenvalue weighted by Crippen LogP contribution is -2.28. The van der Waals surface area contributed by atoms with Crippen molar-refractivity contribution in [1.82, 2.24) is 10.3 Å². The normalized spacial score (nSPS) is 12.0. The highest BCUT2D eigenvalue weighted by molar-refractivity contribution is 5.93. The Hall–Kier alpha value is -2.40. The number of carbonyl (C=O) groups is 1. The van der Waals surface area contributed by atoms with E-state index in [1.807, 2.05) is 44.2 Å². The predicted octanol–water partition coefficient (Wildman–Crippen LogP) is 3.01. The Bertz CT molecular complexity index is 612. The van der Waals surface area contributed by atoms with E-state index in [2.05, 4.69) is 10.3 Å². The molecule has 1 unspecified atom stereocenters. The number of hydrogen-bond acceptors (Lipinski definition) is 4. The zero-order valence-electron chi connectivity index (χ0n) is 13.4. The first-order valence-electron chi connectivity index (χ1n) is 7.71. The number of pyridine rings is 1. The second-order valence-electron chi connectivity index (χ2n) is 5.66. The Kier molecular flexibility index (Phi) is 6.11. The summed E-state index contributed by atoms with van der Waals surface area (Å²) in [6.07, 6.45) is 1.61. The molecule has 0 bridgehead atoms. The van der Waals surface area contributed by atoms with Gasteiger partial charge in [-0.15, -0.1) is 0 Å². The maximum Gasteiger partial charge on any atom is 0.252 e. The lowest BCUT2D eigenvalue weighted by atomic mass is 10.0. The number of aliphatic hydroxyl groups excluding tert-OH is 1. The molecule has 1 heterocycles. The summed E-state index contributed by atoms with van der Waals surface area (Å²) in [4.78, 5) is 16.1. The van der Waals surface area contributed by atoms with Crippen LogP contribution in [-0.2, 0) is 0 Å². The number of nitrogens with one attached hydrogen (secondary N) is 1. The molecule has 2 N–H and O–H groups in total. The topological polar surface area (TPSA) is 71.5 Å². The first kappa shape index (κ1) is 17.0. The Morgan fingerprint density at radius 3 is 2.57 bits per heavy atom. The minimum atomic E-state index is -0.407. The van der Waals surface area contributed by atoms with Gasteiger partial charge in [0, 0.05) is 18.8 Å². The maximum absolute atomic E-state index is 12.0. The number of benzene rings is 1. The Balaban J connectivity index is 1.85. The van der Waals surface area contributed by atoms with Crippen LogP contribution in [0.5, 0.6) is 11.6 Å². The largest absolute Gasteiger partial charge is 0.439 e. The average molecular weight is 314 g/mol. The minimum Gasteiger partial charge on any atom is -0.439 e. The van der Waals surface area contributed by atoms with E-state index >= 15 is 0 Å². The summed E-state index contributed by atoms with van der Waals surface area (Å²) in [5.41, 5.74) is 0.462. The standard InChI is InChI=1S/C18H22N2O3/c1-13(2)16(21)10-11-19-18(22)14-8-9-17(20-12-14)23-15-6-4-3-5-7-15/h3-9,12-13,16,21H,10-11H2,1-2H3,(H,19,22). The van der Waals surface area contributed by atoms with Crippen LogP contribution in [0.15, 0.2) is 48.7 Å². The number of rotatable bonds is 7. The fraction of sp³-hybridized carbons (Fsp3) is 0.333. The summed E-state index contributed by atoms with van der Waals surface area (Å²) in [7, 11) is 0. The van der Waals surface area contributed by atoms with E-state index in [0.29, 0.717) is 30.2 Å². The van der Waals surface area contributed by atoms with Crippen molar-refractivity contribution < 1.29 is 14.6 Å². The van der Waals surface area contributed by atoms with Crippen molar-refractivity contribution in [2.75, 3.05) is 6.54 Å². The SMILES string of the molecule is CC(C)C(O)CCNC(=O)c1ccc(Oc2ccccc2)nc1. The first-order chi connectivity index (χ1) is 11.1. The molecule has 1 amide bonds. The summed E-state index contributed by atoms with van der Waals surface area (Å²) < 4.78 is 5.58. The third-order valence-electron chi connectivity index (χ3n) is 3.46. The van der Waals surface area contributed by atoms with Crippen LogP contribution >= 0.6 is 0 Å². The molecule has 5 nitrogen and oxygen atoms in total. The number of aromatic nitrogens is 1. The van der Waals surface area contributed by atoms with Gasteiger partial charge < -0.3 is 15.2 Å². The molecule has 2 rings (SSSR count). The number of para-hydroxylation sites is 1. The Morgan fingerprint density at radius 2 is 1.96 bits per heavy atom. The number of nitrogens with zero attached hydrogens (tertiary/aromatic N) is 1. The molecular weight excluding hydrogens is 292 g/mol. The van der Waals surface area contributed by atoms with E-state index in [1.54, 1.807) is 12.1 Å². The zero-order chi connectivity index (χ0) is 16.7. The lowest BCUT2D eigenvalue weighted by Gasteiger charge is -2.14. The van der Waals surface area contributed by atoms with Crippen LogP contribution in [0.25, 0.3) is 0 Å². The van der Waals surface area contributed by atoms with Crippen molar-refractivity contribution in [1.29, 1.82) is 0 Å². The van der Waals surface area contributed by atoms with Gasteiger partial charge in [-0.05, 0) is 30.5 Å². The molecule has 23 heavy (non-hydrogen) atoms. The van der Waals surface area contributed by atoms with Gasteiger partial charge in [0.15, 0.2) is 0 Å². The van der Waals surface area contributed by atoms with E-state index in [-0.39, 0.29) is 11.8 Å². The number of ether oxygens (including phenoxy) is 1. The van der Waals surface area contributed by atoms with Crippen LogP contribution in [0.1, 0.15) is 30.6 Å². The smallest absolute Gasteiger partial charge is 0.252 e. The van der Waals surface area contributed by atoms with Gasteiger partial charge in [-0.2, -0.15) is 0 Å². The summed E-state index contributed by atoms with van der Waals surface area (Å²) in [6, 6.07) is 12.7. The molecule has 5 heteroatoms. The van der Waals surface area contributed by atoms with Gasteiger partial charge in [0.25, 0.3) is 5.91 Å². The molecule has 122 valence electrons. The summed E-state index contributed by atoms with van der Waals surface area (Å²) in [6.45, 7) is 4.32. The average Bonchev–Trinajstić information content (AvgIpc) is 2.56. The molecule has 0 spiro atoms. The van der Waals surface area contributed by atoms with E-state index < -0.39 is 6.10 Å². The van der Waals surface area contributed by atoms with Crippen molar-refractivity contribution in [2.24, 2.45) is 5.92 Å². The minimum absolute atomic E-state index is 0.183. The fourth-order valence-electron chi connectivity index (χ4n) is 1.95. The molecule has 1 atom stereocenters. The molecule has 0 radical (unpaired) electrons. The second kappa shape index (κ2) is 8.29. The van der Waals surface area contributed by atoms with Gasteiger partial charge in [-0.3, -0.25) is 4.79 Å². The summed E-state index contributed by atoms with van der Waals surface area (Å²) in [5.74, 6) is 1.10. The van der Waals surface area contributed by atoms with Gasteiger partial charge in [0.05, 0.1) is 11.7 Å². The van der Waals surface area contributed by atoms with Gasteiger partial charge >= 0.3 is 0 Å². The molecule has 1 aromatic heterocycles. The third kappa shape index (κ3) is 5.38. The highest BCUT2D eigenvalue weighted by Crippen LogP contribution is 2.18. The predicted molar refractivity (Wildman–Crippen MR) is 88.5 cm³/mol. The van der Waals surface area contributed by atoms with E-state index in [1.165, 1.54) is 6.20 Å². The fourth-order valence-corrected chi connectivity index (χ4v) is 1.95. The lowest BCUT2D eigenvalue weighted by molar-refractivity contribution is 0.0920. The van der Waals surface area contributed by atoms with Crippen molar-refractivity contribution in [3.8, 4) is 11.6 Å². The molecule has 0 saturated heterocycles. The van der Waals surface area contributed by atoms with Crippen LogP contribution in [-0.4, -0.2) is 28.6 Å². The molecule has 0 aliphatic heterocycles. The molecule has 0 aliphatic rings. The Morgan fingerprint density at radius 1 is 1.22 bits per heavy atom. The van der Waals surface area contributed by atoms with Gasteiger partial charge in [-0.25, -0.2) is 4.98 Å². The van der Waals surface area contributed by atoms with E-state index in [0.717, 1.165) is 0 Å². The molecule has 0 saturated carbocycles. The van der Waals surface area contributed by atoms with Crippen molar-refractivity contribution in [3.63, 3.8) is 0 Å².